The Morgan fingerprint density at radius 2 is 1.88 bits per heavy atom. The number of rotatable bonds is 3. The van der Waals surface area contributed by atoms with Crippen molar-refractivity contribution in [3.8, 4) is 0 Å². The van der Waals surface area contributed by atoms with Crippen molar-refractivity contribution in [1.82, 2.24) is 4.98 Å². The highest BCUT2D eigenvalue weighted by atomic mass is 19.4. The fourth-order valence-electron chi connectivity index (χ4n) is 2.53. The zero-order chi connectivity index (χ0) is 17.5. The second-order valence-corrected chi connectivity index (χ2v) is 5.62. The lowest BCUT2D eigenvalue weighted by atomic mass is 10.1. The molecule has 2 atom stereocenters. The predicted octanol–water partition coefficient (Wildman–Crippen LogP) is 3.28. The molecular formula is C16H12F4N2O2. The van der Waals surface area contributed by atoms with Crippen molar-refractivity contribution >= 4 is 11.6 Å². The summed E-state index contributed by atoms with van der Waals surface area (Å²) in [4.78, 5) is 25.7. The van der Waals surface area contributed by atoms with Crippen LogP contribution in [0, 0.1) is 11.7 Å². The van der Waals surface area contributed by atoms with Gasteiger partial charge in [0.1, 0.15) is 11.5 Å². The summed E-state index contributed by atoms with van der Waals surface area (Å²) in [6, 6.07) is 6.28. The van der Waals surface area contributed by atoms with Crippen molar-refractivity contribution in [2.75, 3.05) is 5.32 Å². The molecular weight excluding hydrogens is 328 g/mol. The fraction of sp³-hybridized carbons (Fsp3) is 0.250. The van der Waals surface area contributed by atoms with E-state index in [1.807, 2.05) is 4.98 Å². The molecule has 126 valence electrons. The SMILES string of the molecule is O=C(Nc1cc(C(F)(F)F)c[nH]c1=O)[C@@H]1C[C@H]1c1ccc(F)cc1. The molecule has 1 aliphatic carbocycles. The number of halogens is 4. The van der Waals surface area contributed by atoms with Gasteiger partial charge in [-0.3, -0.25) is 9.59 Å². The summed E-state index contributed by atoms with van der Waals surface area (Å²) in [7, 11) is 0. The number of alkyl halides is 3. The van der Waals surface area contributed by atoms with Gasteiger partial charge in [0, 0.05) is 12.1 Å². The van der Waals surface area contributed by atoms with E-state index in [4.69, 9.17) is 0 Å². The molecule has 1 aliphatic rings. The Hall–Kier alpha value is -2.64. The molecule has 2 N–H and O–H groups in total. The Labute approximate surface area is 133 Å². The van der Waals surface area contributed by atoms with Crippen LogP contribution in [-0.4, -0.2) is 10.9 Å². The first-order valence-electron chi connectivity index (χ1n) is 7.12. The first kappa shape index (κ1) is 16.2. The van der Waals surface area contributed by atoms with Gasteiger partial charge in [-0.2, -0.15) is 13.2 Å². The average molecular weight is 340 g/mol. The summed E-state index contributed by atoms with van der Waals surface area (Å²) in [5.41, 5.74) is -1.53. The minimum absolute atomic E-state index is 0.129. The van der Waals surface area contributed by atoms with E-state index in [0.717, 1.165) is 5.56 Å². The van der Waals surface area contributed by atoms with E-state index in [-0.39, 0.29) is 5.92 Å². The minimum atomic E-state index is -4.63. The smallest absolute Gasteiger partial charge is 0.327 e. The van der Waals surface area contributed by atoms with Crippen molar-refractivity contribution in [1.29, 1.82) is 0 Å². The maximum Gasteiger partial charge on any atom is 0.417 e. The van der Waals surface area contributed by atoms with Gasteiger partial charge in [0.15, 0.2) is 0 Å². The van der Waals surface area contributed by atoms with Crippen molar-refractivity contribution < 1.29 is 22.4 Å². The molecule has 0 saturated heterocycles. The number of hydrogen-bond acceptors (Lipinski definition) is 2. The van der Waals surface area contributed by atoms with E-state index >= 15 is 0 Å². The van der Waals surface area contributed by atoms with Gasteiger partial charge in [-0.1, -0.05) is 12.1 Å². The van der Waals surface area contributed by atoms with E-state index in [2.05, 4.69) is 5.32 Å². The summed E-state index contributed by atoms with van der Waals surface area (Å²) in [5, 5.41) is 2.24. The third kappa shape index (κ3) is 3.32. The lowest BCUT2D eigenvalue weighted by molar-refractivity contribution is -0.137. The van der Waals surface area contributed by atoms with Crippen molar-refractivity contribution in [3.63, 3.8) is 0 Å². The zero-order valence-electron chi connectivity index (χ0n) is 12.2. The third-order valence-corrected chi connectivity index (χ3v) is 3.91. The molecule has 24 heavy (non-hydrogen) atoms. The number of benzene rings is 1. The third-order valence-electron chi connectivity index (χ3n) is 3.91. The van der Waals surface area contributed by atoms with Crippen LogP contribution in [0.2, 0.25) is 0 Å². The number of pyridine rings is 1. The summed E-state index contributed by atoms with van der Waals surface area (Å²) >= 11 is 0. The molecule has 3 rings (SSSR count). The predicted molar refractivity (Wildman–Crippen MR) is 77.9 cm³/mol. The van der Waals surface area contributed by atoms with Crippen LogP contribution in [0.3, 0.4) is 0 Å². The van der Waals surface area contributed by atoms with E-state index in [1.54, 1.807) is 12.1 Å². The van der Waals surface area contributed by atoms with Crippen molar-refractivity contribution in [2.45, 2.75) is 18.5 Å². The van der Waals surface area contributed by atoms with Crippen LogP contribution in [0.1, 0.15) is 23.5 Å². The van der Waals surface area contributed by atoms with Crippen LogP contribution in [0.25, 0.3) is 0 Å². The Bertz CT molecular complexity index is 827. The van der Waals surface area contributed by atoms with Crippen LogP contribution in [0.5, 0.6) is 0 Å². The first-order chi connectivity index (χ1) is 11.3. The lowest BCUT2D eigenvalue weighted by Gasteiger charge is -2.09. The number of aromatic nitrogens is 1. The van der Waals surface area contributed by atoms with Gasteiger partial charge in [0.2, 0.25) is 5.91 Å². The maximum absolute atomic E-state index is 12.9. The Morgan fingerprint density at radius 3 is 2.50 bits per heavy atom. The molecule has 1 heterocycles. The van der Waals surface area contributed by atoms with Crippen LogP contribution >= 0.6 is 0 Å². The van der Waals surface area contributed by atoms with Gasteiger partial charge >= 0.3 is 6.18 Å². The standard InChI is InChI=1S/C16H12F4N2O2/c17-10-3-1-8(2-4-10)11-6-12(11)14(23)22-13-5-9(16(18,19)20)7-21-15(13)24/h1-5,7,11-12H,6H2,(H,21,24)(H,22,23)/t11-,12+/m0/s1. The van der Waals surface area contributed by atoms with Crippen molar-refractivity contribution in [3.05, 3.63) is 63.8 Å². The number of carbonyl (C=O) groups is 1. The Morgan fingerprint density at radius 1 is 1.21 bits per heavy atom. The number of H-pyrrole nitrogens is 1. The van der Waals surface area contributed by atoms with E-state index in [9.17, 15) is 27.2 Å². The van der Waals surface area contributed by atoms with Gasteiger partial charge in [0.25, 0.3) is 5.56 Å². The van der Waals surface area contributed by atoms with Gasteiger partial charge in [-0.25, -0.2) is 4.39 Å². The molecule has 2 aromatic rings. The molecule has 4 nitrogen and oxygen atoms in total. The average Bonchev–Trinajstić information content (AvgIpc) is 3.29. The maximum atomic E-state index is 12.9. The quantitative estimate of drug-likeness (QED) is 0.843. The van der Waals surface area contributed by atoms with Gasteiger partial charge < -0.3 is 10.3 Å². The number of nitrogens with one attached hydrogen (secondary N) is 2. The second-order valence-electron chi connectivity index (χ2n) is 5.62. The zero-order valence-corrected chi connectivity index (χ0v) is 12.2. The molecule has 0 bridgehead atoms. The van der Waals surface area contributed by atoms with Gasteiger partial charge in [-0.05, 0) is 36.1 Å². The van der Waals surface area contributed by atoms with E-state index in [0.29, 0.717) is 18.7 Å². The number of aromatic amines is 1. The number of anilines is 1. The van der Waals surface area contributed by atoms with Gasteiger partial charge in [0.05, 0.1) is 5.56 Å². The Kier molecular flexibility index (Phi) is 3.90. The topological polar surface area (TPSA) is 62.0 Å². The molecule has 0 spiro atoms. The highest BCUT2D eigenvalue weighted by Gasteiger charge is 2.44. The van der Waals surface area contributed by atoms with E-state index < -0.39 is 40.6 Å². The summed E-state index contributed by atoms with van der Waals surface area (Å²) in [5.74, 6) is -1.51. The van der Waals surface area contributed by atoms with Crippen LogP contribution in [0.15, 0.2) is 41.3 Å². The van der Waals surface area contributed by atoms with Crippen LogP contribution in [0.4, 0.5) is 23.2 Å². The fourth-order valence-corrected chi connectivity index (χ4v) is 2.53. The molecule has 0 radical (unpaired) electrons. The number of carbonyl (C=O) groups excluding carboxylic acids is 1. The number of amides is 1. The van der Waals surface area contributed by atoms with E-state index in [1.165, 1.54) is 12.1 Å². The first-order valence-corrected chi connectivity index (χ1v) is 7.12. The van der Waals surface area contributed by atoms with Crippen LogP contribution in [-0.2, 0) is 11.0 Å². The summed E-state index contributed by atoms with van der Waals surface area (Å²) in [6.45, 7) is 0. The number of hydrogen-bond donors (Lipinski definition) is 2. The molecule has 1 fully saturated rings. The van der Waals surface area contributed by atoms with Crippen molar-refractivity contribution in [2.24, 2.45) is 5.92 Å². The molecule has 1 aromatic heterocycles. The highest BCUT2D eigenvalue weighted by molar-refractivity contribution is 5.95. The molecule has 1 amide bonds. The molecule has 8 heteroatoms. The lowest BCUT2D eigenvalue weighted by Crippen LogP contribution is -2.22. The monoisotopic (exact) mass is 340 g/mol. The minimum Gasteiger partial charge on any atom is -0.327 e. The summed E-state index contributed by atoms with van der Waals surface area (Å²) < 4.78 is 50.9. The molecule has 0 unspecified atom stereocenters. The largest absolute Gasteiger partial charge is 0.417 e. The molecule has 0 aliphatic heterocycles. The Balaban J connectivity index is 1.72. The molecule has 1 saturated carbocycles. The summed E-state index contributed by atoms with van der Waals surface area (Å²) in [6.07, 6.45) is -3.58. The highest BCUT2D eigenvalue weighted by Crippen LogP contribution is 2.47. The normalized spacial score (nSPS) is 19.8. The second kappa shape index (κ2) is 5.77. The van der Waals surface area contributed by atoms with Gasteiger partial charge in [-0.15, -0.1) is 0 Å². The molecule has 1 aromatic carbocycles. The van der Waals surface area contributed by atoms with Crippen LogP contribution < -0.4 is 10.9 Å².